The van der Waals surface area contributed by atoms with E-state index in [1.54, 1.807) is 6.07 Å². The van der Waals surface area contributed by atoms with E-state index in [4.69, 9.17) is 39.9 Å². The molecule has 104 valence electrons. The Morgan fingerprint density at radius 2 is 1.75 bits per heavy atom. The van der Waals surface area contributed by atoms with Crippen LogP contribution in [0.1, 0.15) is 17.2 Å². The molecule has 0 fully saturated rings. The highest BCUT2D eigenvalue weighted by Gasteiger charge is 2.30. The second kappa shape index (κ2) is 5.55. The summed E-state index contributed by atoms with van der Waals surface area (Å²) in [7, 11) is 0. The van der Waals surface area contributed by atoms with Crippen molar-refractivity contribution in [3.8, 4) is 11.1 Å². The lowest BCUT2D eigenvalue weighted by Crippen LogP contribution is -2.23. The van der Waals surface area contributed by atoms with Gasteiger partial charge in [-0.25, -0.2) is 0 Å². The van der Waals surface area contributed by atoms with Gasteiger partial charge in [0.1, 0.15) is 0 Å². The third-order valence-corrected chi connectivity index (χ3v) is 4.20. The predicted octanol–water partition coefficient (Wildman–Crippen LogP) is 4.30. The lowest BCUT2D eigenvalue weighted by Gasteiger charge is -2.15. The van der Waals surface area contributed by atoms with E-state index in [1.807, 2.05) is 24.3 Å². The number of benzene rings is 2. The van der Waals surface area contributed by atoms with Crippen molar-refractivity contribution >= 4 is 34.8 Å². The van der Waals surface area contributed by atoms with Gasteiger partial charge < -0.3 is 10.4 Å². The quantitative estimate of drug-likeness (QED) is 0.880. The summed E-state index contributed by atoms with van der Waals surface area (Å²) >= 11 is 18.6. The Morgan fingerprint density at radius 3 is 2.50 bits per heavy atom. The highest BCUT2D eigenvalue weighted by Crippen LogP contribution is 2.48. The highest BCUT2D eigenvalue weighted by molar-refractivity contribution is 6.37. The van der Waals surface area contributed by atoms with E-state index in [1.165, 1.54) is 0 Å². The van der Waals surface area contributed by atoms with Gasteiger partial charge in [0.2, 0.25) is 0 Å². The second-order valence-corrected chi connectivity index (χ2v) is 5.97. The molecular formula is C15H12Cl3NO. The van der Waals surface area contributed by atoms with Crippen LogP contribution in [0.5, 0.6) is 0 Å². The fraction of sp³-hybridized carbons (Fsp3) is 0.200. The number of nitrogens with one attached hydrogen (secondary N) is 1. The average molecular weight is 329 g/mol. The molecule has 0 heterocycles. The molecule has 1 aliphatic rings. The smallest absolute Gasteiger partial charge is 0.0591 e. The van der Waals surface area contributed by atoms with Gasteiger partial charge in [0.05, 0.1) is 17.7 Å². The van der Waals surface area contributed by atoms with Gasteiger partial charge in [0.25, 0.3) is 0 Å². The second-order valence-electron chi connectivity index (χ2n) is 4.69. The molecule has 0 aliphatic heterocycles. The third kappa shape index (κ3) is 2.32. The van der Waals surface area contributed by atoms with E-state index in [2.05, 4.69) is 5.32 Å². The zero-order chi connectivity index (χ0) is 14.3. The van der Waals surface area contributed by atoms with Crippen LogP contribution in [0.15, 0.2) is 30.3 Å². The number of fused-ring (bicyclic) bond motifs is 3. The molecule has 1 atom stereocenters. The Morgan fingerprint density at radius 1 is 1.00 bits per heavy atom. The highest BCUT2D eigenvalue weighted by atomic mass is 35.5. The van der Waals surface area contributed by atoms with Gasteiger partial charge in [-0.15, -0.1) is 0 Å². The average Bonchev–Trinajstić information content (AvgIpc) is 2.69. The molecule has 0 amide bonds. The van der Waals surface area contributed by atoms with E-state index >= 15 is 0 Å². The predicted molar refractivity (Wildman–Crippen MR) is 83.8 cm³/mol. The molecule has 3 rings (SSSR count). The number of hydrogen-bond acceptors (Lipinski definition) is 2. The van der Waals surface area contributed by atoms with Crippen LogP contribution < -0.4 is 5.32 Å². The van der Waals surface area contributed by atoms with E-state index in [-0.39, 0.29) is 12.6 Å². The molecule has 2 aromatic carbocycles. The summed E-state index contributed by atoms with van der Waals surface area (Å²) in [6.07, 6.45) is 0. The van der Waals surface area contributed by atoms with Crippen molar-refractivity contribution in [3.05, 3.63) is 56.5 Å². The fourth-order valence-corrected chi connectivity index (χ4v) is 3.49. The minimum atomic E-state index is -0.0537. The molecule has 1 aliphatic carbocycles. The molecule has 0 saturated heterocycles. The van der Waals surface area contributed by atoms with E-state index < -0.39 is 0 Å². The maximum absolute atomic E-state index is 9.05. The standard InChI is InChI=1S/C15H12Cl3NO/c16-8-1-2-10-11(5-8)15(19-3-4-20)12-6-9(17)7-13(18)14(10)12/h1-2,5-7,15,19-20H,3-4H2/t15-/m0/s1. The summed E-state index contributed by atoms with van der Waals surface area (Å²) in [6.45, 7) is 0.552. The zero-order valence-corrected chi connectivity index (χ0v) is 12.7. The van der Waals surface area contributed by atoms with Crippen molar-refractivity contribution in [2.24, 2.45) is 0 Å². The van der Waals surface area contributed by atoms with Crippen molar-refractivity contribution in [2.45, 2.75) is 6.04 Å². The molecule has 20 heavy (non-hydrogen) atoms. The van der Waals surface area contributed by atoms with E-state index in [0.717, 1.165) is 22.3 Å². The van der Waals surface area contributed by atoms with Gasteiger partial charge in [0.15, 0.2) is 0 Å². The maximum atomic E-state index is 9.05. The van der Waals surface area contributed by atoms with E-state index in [9.17, 15) is 0 Å². The molecule has 0 bridgehead atoms. The first-order chi connectivity index (χ1) is 9.61. The van der Waals surface area contributed by atoms with Crippen LogP contribution in [-0.2, 0) is 0 Å². The van der Waals surface area contributed by atoms with Crippen LogP contribution in [0.25, 0.3) is 11.1 Å². The van der Waals surface area contributed by atoms with Crippen LogP contribution in [-0.4, -0.2) is 18.3 Å². The van der Waals surface area contributed by atoms with Crippen molar-refractivity contribution in [3.63, 3.8) is 0 Å². The first-order valence-electron chi connectivity index (χ1n) is 6.25. The Kier molecular flexibility index (Phi) is 3.93. The van der Waals surface area contributed by atoms with Crippen molar-refractivity contribution < 1.29 is 5.11 Å². The van der Waals surface area contributed by atoms with Crippen molar-refractivity contribution in [1.82, 2.24) is 5.32 Å². The van der Waals surface area contributed by atoms with Gasteiger partial charge in [-0.05, 0) is 41.0 Å². The molecule has 2 nitrogen and oxygen atoms in total. The summed E-state index contributed by atoms with van der Waals surface area (Å²) < 4.78 is 0. The monoisotopic (exact) mass is 327 g/mol. The Labute approximate surface area is 132 Å². The van der Waals surface area contributed by atoms with Gasteiger partial charge >= 0.3 is 0 Å². The molecule has 0 spiro atoms. The van der Waals surface area contributed by atoms with Gasteiger partial charge in [-0.2, -0.15) is 0 Å². The number of aliphatic hydroxyl groups excluding tert-OH is 1. The summed E-state index contributed by atoms with van der Waals surface area (Å²) in [5, 5.41) is 14.3. The molecule has 2 aromatic rings. The third-order valence-electron chi connectivity index (χ3n) is 3.45. The van der Waals surface area contributed by atoms with E-state index in [0.29, 0.717) is 21.6 Å². The maximum Gasteiger partial charge on any atom is 0.0591 e. The molecule has 0 aromatic heterocycles. The normalized spacial score (nSPS) is 16.1. The molecule has 0 unspecified atom stereocenters. The number of rotatable bonds is 3. The minimum Gasteiger partial charge on any atom is -0.395 e. The first-order valence-corrected chi connectivity index (χ1v) is 7.38. The van der Waals surface area contributed by atoms with Gasteiger partial charge in [-0.1, -0.05) is 40.9 Å². The number of hydrogen-bond donors (Lipinski definition) is 2. The lowest BCUT2D eigenvalue weighted by molar-refractivity contribution is 0.288. The molecule has 2 N–H and O–H groups in total. The van der Waals surface area contributed by atoms with Crippen LogP contribution >= 0.6 is 34.8 Å². The molecule has 5 heteroatoms. The number of halogens is 3. The Bertz CT molecular complexity index is 672. The van der Waals surface area contributed by atoms with Crippen LogP contribution in [0, 0.1) is 0 Å². The molecule has 0 saturated carbocycles. The summed E-state index contributed by atoms with van der Waals surface area (Å²) in [5.74, 6) is 0. The molecular weight excluding hydrogens is 317 g/mol. The topological polar surface area (TPSA) is 32.3 Å². The summed E-state index contributed by atoms with van der Waals surface area (Å²) in [4.78, 5) is 0. The van der Waals surface area contributed by atoms with Crippen LogP contribution in [0.3, 0.4) is 0 Å². The summed E-state index contributed by atoms with van der Waals surface area (Å²) in [5.41, 5.74) is 4.12. The number of aliphatic hydroxyl groups is 1. The largest absolute Gasteiger partial charge is 0.395 e. The first kappa shape index (κ1) is 14.2. The Balaban J connectivity index is 2.20. The summed E-state index contributed by atoms with van der Waals surface area (Å²) in [6, 6.07) is 9.35. The van der Waals surface area contributed by atoms with Crippen LogP contribution in [0.4, 0.5) is 0 Å². The Hall–Kier alpha value is -0.770. The molecule has 0 radical (unpaired) electrons. The zero-order valence-electron chi connectivity index (χ0n) is 10.5. The SMILES string of the molecule is OCCN[C@H]1c2cc(Cl)ccc2-c2c(Cl)cc(Cl)cc21. The van der Waals surface area contributed by atoms with Crippen LogP contribution in [0.2, 0.25) is 15.1 Å². The minimum absolute atomic E-state index is 0.0537. The van der Waals surface area contributed by atoms with Gasteiger partial charge in [0, 0.05) is 22.2 Å². The van der Waals surface area contributed by atoms with Crippen molar-refractivity contribution in [1.29, 1.82) is 0 Å². The lowest BCUT2D eigenvalue weighted by atomic mass is 10.1. The van der Waals surface area contributed by atoms with Gasteiger partial charge in [-0.3, -0.25) is 0 Å². The fourth-order valence-electron chi connectivity index (χ4n) is 2.70. The van der Waals surface area contributed by atoms with Crippen molar-refractivity contribution in [2.75, 3.05) is 13.2 Å².